The number of carbonyl (C=O) groups is 8. The first-order chi connectivity index (χ1) is 69.4. The highest BCUT2D eigenvalue weighted by molar-refractivity contribution is 7.91. The number of aromatic nitrogens is 6. The SMILES string of the molecule is CC(=O)C(C)C.CC(=O)C(C)C.CC(C)C(=O)Nc1ccccc1.CC(C)C(=O)O.CC(C)CC(=O)N1CCN(c2ncccn2)CC1.CC(C)c1ccc(F)cc1.CC(C)c1cccs1.CCC(=O)c1ccccc1.CCCC(=O)N1CCCCC1.CCCCC(=O)c1cccc(C(C)C)c1.CCCc1ccccc1.CCS(=O)(=O)c1ccccc1.CCc1ccc(-c2nn[nH]n2)cc1.[C-]#[N+]c1ccc(C(C)C)cc1. The van der Waals surface area contributed by atoms with E-state index in [-0.39, 0.29) is 70.2 Å². The number of likely N-dealkylation sites (tertiary alicyclic amines) is 1. The van der Waals surface area contributed by atoms with E-state index in [0.717, 1.165) is 105 Å². The number of nitrogens with zero attached hydrogens (tertiary/aromatic N) is 9. The van der Waals surface area contributed by atoms with Crippen molar-refractivity contribution in [2.45, 2.75) is 292 Å². The Hall–Kier alpha value is -12.7. The fourth-order valence-corrected chi connectivity index (χ4v) is 13.7. The molecule has 2 fully saturated rings. The van der Waals surface area contributed by atoms with Gasteiger partial charge in [-0.2, -0.15) is 5.21 Å². The molecule has 0 unspecified atom stereocenters. The number of H-pyrrole nitrogens is 1. The predicted octanol–water partition coefficient (Wildman–Crippen LogP) is 29.6. The molecule has 0 aliphatic carbocycles. The Morgan fingerprint density at radius 3 is 1.38 bits per heavy atom. The zero-order chi connectivity index (χ0) is 110. The summed E-state index contributed by atoms with van der Waals surface area (Å²) in [6.45, 7) is 63.1. The van der Waals surface area contributed by atoms with Crippen LogP contribution in [-0.2, 0) is 51.4 Å². The lowest BCUT2D eigenvalue weighted by atomic mass is 9.98. The Balaban J connectivity index is 0.00000157. The number of hydrogen-bond acceptors (Lipinski definition) is 17. The zero-order valence-electron chi connectivity index (χ0n) is 92.3. The van der Waals surface area contributed by atoms with Crippen LogP contribution < -0.4 is 10.2 Å². The van der Waals surface area contributed by atoms with Crippen LogP contribution in [-0.4, -0.2) is 146 Å². The number of aryl methyl sites for hydroxylation is 2. The Bertz CT molecular complexity index is 5380. The summed E-state index contributed by atoms with van der Waals surface area (Å²) in [5.74, 6) is 5.22. The van der Waals surface area contributed by atoms with Crippen molar-refractivity contribution in [1.82, 2.24) is 40.4 Å². The molecule has 0 saturated carbocycles. The molecular formula is C121H172FN11O11S2. The summed E-state index contributed by atoms with van der Waals surface area (Å²) in [6, 6.07) is 74.5. The summed E-state index contributed by atoms with van der Waals surface area (Å²) in [5, 5.41) is 26.6. The number of amides is 3. The van der Waals surface area contributed by atoms with E-state index in [9.17, 15) is 51.2 Å². The van der Waals surface area contributed by atoms with Gasteiger partial charge in [0.05, 0.1) is 23.1 Å². The van der Waals surface area contributed by atoms with E-state index < -0.39 is 15.8 Å². The quantitative estimate of drug-likeness (QED) is 0.0335. The molecule has 3 N–H and O–H groups in total. The van der Waals surface area contributed by atoms with E-state index >= 15 is 0 Å². The van der Waals surface area contributed by atoms with Gasteiger partial charge in [-0.3, -0.25) is 38.4 Å². The summed E-state index contributed by atoms with van der Waals surface area (Å²) in [4.78, 5) is 107. The lowest BCUT2D eigenvalue weighted by Gasteiger charge is -2.35. The van der Waals surface area contributed by atoms with Crippen LogP contribution in [0.3, 0.4) is 0 Å². The molecule has 2 aliphatic heterocycles. The largest absolute Gasteiger partial charge is 0.481 e. The number of hydrogen-bond donors (Lipinski definition) is 3. The first kappa shape index (κ1) is 133. The molecule has 3 aromatic heterocycles. The first-order valence-electron chi connectivity index (χ1n) is 51.7. The van der Waals surface area contributed by atoms with Crippen LogP contribution >= 0.6 is 11.3 Å². The van der Waals surface area contributed by atoms with Crippen LogP contribution in [0.25, 0.3) is 16.2 Å². The molecule has 13 rings (SSSR count). The molecule has 0 radical (unpaired) electrons. The van der Waals surface area contributed by atoms with Crippen LogP contribution in [0, 0.1) is 42.0 Å². The number of sulfone groups is 1. The molecule has 3 amide bonds. The number of tetrazole rings is 1. The monoisotopic (exact) mass is 2040 g/mol. The third-order valence-electron chi connectivity index (χ3n) is 22.1. The van der Waals surface area contributed by atoms with Gasteiger partial charge in [0.1, 0.15) is 17.4 Å². The molecule has 146 heavy (non-hydrogen) atoms. The lowest BCUT2D eigenvalue weighted by Crippen LogP contribution is -2.49. The summed E-state index contributed by atoms with van der Waals surface area (Å²) in [5.41, 5.74) is 10.7. The molecule has 8 aromatic carbocycles. The number of benzene rings is 8. The van der Waals surface area contributed by atoms with Gasteiger partial charge in [-0.25, -0.2) is 27.6 Å². The highest BCUT2D eigenvalue weighted by Gasteiger charge is 2.23. The molecule has 5 heterocycles. The van der Waals surface area contributed by atoms with E-state index in [2.05, 4.69) is 209 Å². The number of aromatic amines is 1. The highest BCUT2D eigenvalue weighted by Crippen LogP contribution is 2.24. The van der Waals surface area contributed by atoms with Gasteiger partial charge < -0.3 is 25.1 Å². The van der Waals surface area contributed by atoms with Gasteiger partial charge >= 0.3 is 5.97 Å². The number of nitrogens with one attached hydrogen (secondary N) is 2. The third-order valence-corrected chi connectivity index (χ3v) is 25.0. The van der Waals surface area contributed by atoms with Crippen LogP contribution in [0.15, 0.2) is 259 Å². The van der Waals surface area contributed by atoms with Crippen LogP contribution in [0.5, 0.6) is 0 Å². The highest BCUT2D eigenvalue weighted by atomic mass is 32.2. The molecule has 2 saturated heterocycles. The average molecular weight is 2040 g/mol. The van der Waals surface area contributed by atoms with Gasteiger partial charge in [-0.1, -0.05) is 361 Å². The Kier molecular flexibility index (Phi) is 72.7. The Labute approximate surface area is 880 Å². The Morgan fingerprint density at radius 2 is 0.973 bits per heavy atom. The maximum Gasteiger partial charge on any atom is 0.305 e. The number of halogens is 1. The predicted molar refractivity (Wildman–Crippen MR) is 604 cm³/mol. The van der Waals surface area contributed by atoms with Crippen LogP contribution in [0.2, 0.25) is 0 Å². The molecule has 2 aliphatic rings. The van der Waals surface area contributed by atoms with Gasteiger partial charge in [-0.15, -0.1) is 21.5 Å². The second kappa shape index (κ2) is 79.6. The minimum atomic E-state index is -3.00. The van der Waals surface area contributed by atoms with Crippen molar-refractivity contribution in [2.75, 3.05) is 55.2 Å². The van der Waals surface area contributed by atoms with Gasteiger partial charge in [0.25, 0.3) is 0 Å². The van der Waals surface area contributed by atoms with Crippen molar-refractivity contribution in [1.29, 1.82) is 0 Å². The molecule has 0 bridgehead atoms. The van der Waals surface area contributed by atoms with Crippen molar-refractivity contribution >= 4 is 85.3 Å². The first-order valence-corrected chi connectivity index (χ1v) is 54.2. The van der Waals surface area contributed by atoms with Gasteiger partial charge in [0.2, 0.25) is 29.5 Å². The number of piperidine rings is 1. The second-order valence-corrected chi connectivity index (χ2v) is 40.9. The summed E-state index contributed by atoms with van der Waals surface area (Å²) in [6.07, 6.45) is 16.4. The number of carboxylic acids is 1. The Morgan fingerprint density at radius 1 is 0.486 bits per heavy atom. The molecule has 22 nitrogen and oxygen atoms in total. The van der Waals surface area contributed by atoms with E-state index in [4.69, 9.17) is 11.7 Å². The molecule has 25 heteroatoms. The standard InChI is InChI=1S/C14H20O.C13H20N4O.C10H13NO.C10H11N.C9H11F.C9H10N4.C9H17NO.C9H10O.C9H12.C8H10O2S.C7H10S.2C5H10O.C4H8O2/c1-4-5-9-14(15)13-8-6-7-12(10-13)11(2)3;1-11(2)10-12(18)16-6-8-17(9-7-16)13-14-4-3-5-15-13;1-8(2)10(12)11-9-6-4-3-5-7-9;1-8(2)9-4-6-10(11-3)7-5-9;1-7(2)8-3-5-9(10)6-4-8;1-2-7-3-5-8(6-4-7)9-10-12-13-11-9;1-2-6-9(11)10-7-4-3-5-8-10;1-2-9(10)8-6-4-3-5-7-8;1-2-6-9-7-4-3-5-8-9;1-2-11(9,10)8-6-4-3-5-7-8;1-6(2)7-4-3-5-8-7;2*1-4(2)5(3)6;1-3(2)4(5)6/h6-8,10-11H,4-5,9H2,1-3H3;3-5,11H,6-10H2,1-2H3;3-8H,1-2H3,(H,11,12);4-8H,1-2H3;3-7H,1-2H3;3-6H,2H2,1H3,(H,10,11,12,13);2-8H2,1H3;3-7H,2H2,1H3;3-5,7-8H,2,6H2,1H3;3-7H,2H2,1H3;3-6H,1-2H3;2*4H,1-3H3;3H,1-2H3,(H,5,6). The number of carbonyl (C=O) groups excluding carboxylic acids is 7. The van der Waals surface area contributed by atoms with Gasteiger partial charge in [0.15, 0.2) is 27.1 Å². The minimum Gasteiger partial charge on any atom is -0.481 e. The number of anilines is 2. The van der Waals surface area contributed by atoms with Crippen LogP contribution in [0.1, 0.15) is 328 Å². The number of ketones is 4. The zero-order valence-corrected chi connectivity index (χ0v) is 94.0. The summed E-state index contributed by atoms with van der Waals surface area (Å²) in [7, 11) is -3.00. The number of unbranched alkanes of at least 4 members (excludes halogenated alkanes) is 1. The van der Waals surface area contributed by atoms with Crippen molar-refractivity contribution in [3.63, 3.8) is 0 Å². The van der Waals surface area contributed by atoms with Crippen molar-refractivity contribution in [2.24, 2.45) is 29.6 Å². The van der Waals surface area contributed by atoms with E-state index in [1.54, 1.807) is 77.3 Å². The molecule has 0 spiro atoms. The number of Topliss-reactive ketones (excluding diaryl/α,β-unsaturated/α-hetero) is 4. The van der Waals surface area contributed by atoms with Crippen molar-refractivity contribution in [3.05, 3.63) is 315 Å². The van der Waals surface area contributed by atoms with Crippen molar-refractivity contribution in [3.8, 4) is 11.4 Å². The number of rotatable bonds is 26. The maximum absolute atomic E-state index is 12.4. The summed E-state index contributed by atoms with van der Waals surface area (Å²) >= 11 is 1.83. The molecule has 796 valence electrons. The maximum atomic E-state index is 12.4. The molecule has 0 atom stereocenters. The van der Waals surface area contributed by atoms with Gasteiger partial charge in [0, 0.05) is 122 Å². The van der Waals surface area contributed by atoms with Crippen molar-refractivity contribution < 1.29 is 56.3 Å². The number of para-hydroxylation sites is 1. The summed E-state index contributed by atoms with van der Waals surface area (Å²) < 4.78 is 34.8. The number of thiophene rings is 1. The fourth-order valence-electron chi connectivity index (χ4n) is 12.1. The number of aliphatic carboxylic acids is 1. The van der Waals surface area contributed by atoms with E-state index in [1.165, 1.54) is 76.9 Å². The number of carboxylic acid groups (broad SMARTS) is 1. The lowest BCUT2D eigenvalue weighted by molar-refractivity contribution is -0.140. The van der Waals surface area contributed by atoms with E-state index in [0.29, 0.717) is 65.5 Å². The minimum absolute atomic E-state index is 0.0326. The smallest absolute Gasteiger partial charge is 0.305 e. The fraction of sp³-hybridized carbons (Fsp3) is 0.455. The van der Waals surface area contributed by atoms with E-state index in [1.807, 2.05) is 203 Å². The third kappa shape index (κ3) is 62.9. The topological polar surface area (TPSA) is 297 Å². The normalized spacial score (nSPS) is 11.4. The molecule has 11 aromatic rings. The number of piperazine rings is 1. The second-order valence-electron chi connectivity index (χ2n) is 37.7. The average Bonchev–Trinajstić information content (AvgIpc) is 1.41. The molecular weight excluding hydrogens is 1870 g/mol. The van der Waals surface area contributed by atoms with Gasteiger partial charge in [-0.05, 0) is 181 Å². The van der Waals surface area contributed by atoms with Crippen LogP contribution in [0.4, 0.5) is 21.7 Å².